The SMILES string of the molecule is C1=CSSC1.C=C.[NaH].[NaH]. The number of rotatable bonds is 0. The summed E-state index contributed by atoms with van der Waals surface area (Å²) in [6.45, 7) is 6.00. The Morgan fingerprint density at radius 1 is 1.22 bits per heavy atom. The Hall–Kier alpha value is 2.18. The van der Waals surface area contributed by atoms with Gasteiger partial charge in [-0.3, -0.25) is 0 Å². The van der Waals surface area contributed by atoms with Gasteiger partial charge in [-0.1, -0.05) is 27.7 Å². The molecule has 0 saturated heterocycles. The van der Waals surface area contributed by atoms with E-state index >= 15 is 0 Å². The van der Waals surface area contributed by atoms with Crippen LogP contribution in [0.2, 0.25) is 0 Å². The summed E-state index contributed by atoms with van der Waals surface area (Å²) >= 11 is 0. The molecule has 0 fully saturated rings. The van der Waals surface area contributed by atoms with E-state index in [0.29, 0.717) is 0 Å². The van der Waals surface area contributed by atoms with Gasteiger partial charge in [0.2, 0.25) is 0 Å². The van der Waals surface area contributed by atoms with Crippen LogP contribution in [0.5, 0.6) is 0 Å². The summed E-state index contributed by atoms with van der Waals surface area (Å²) < 4.78 is 0. The molecule has 1 aliphatic rings. The van der Waals surface area contributed by atoms with E-state index in [1.165, 1.54) is 5.75 Å². The first-order valence-corrected chi connectivity index (χ1v) is 4.31. The number of hydrogen-bond acceptors (Lipinski definition) is 2. The molecule has 0 saturated carbocycles. The van der Waals surface area contributed by atoms with Crippen LogP contribution in [0.15, 0.2) is 24.6 Å². The molecule has 1 aliphatic heterocycles. The molecule has 1 heterocycles. The van der Waals surface area contributed by atoms with Crippen molar-refractivity contribution in [3.63, 3.8) is 0 Å². The maximum absolute atomic E-state index is 3.00. The molecule has 0 spiro atoms. The zero-order valence-electron chi connectivity index (χ0n) is 4.09. The Morgan fingerprint density at radius 2 is 1.78 bits per heavy atom. The predicted octanol–water partition coefficient (Wildman–Crippen LogP) is 1.40. The summed E-state index contributed by atoms with van der Waals surface area (Å²) in [4.78, 5) is 0. The van der Waals surface area contributed by atoms with Gasteiger partial charge >= 0.3 is 59.1 Å². The molecule has 9 heavy (non-hydrogen) atoms. The quantitative estimate of drug-likeness (QED) is 0.314. The third kappa shape index (κ3) is 13.2. The molecule has 0 aromatic heterocycles. The van der Waals surface area contributed by atoms with E-state index in [0.717, 1.165) is 0 Å². The molecule has 4 heteroatoms. The Morgan fingerprint density at radius 3 is 1.89 bits per heavy atom. The van der Waals surface area contributed by atoms with Gasteiger partial charge in [-0.05, 0) is 5.41 Å². The predicted molar refractivity (Wildman–Crippen MR) is 54.7 cm³/mol. The molecular weight excluding hydrogens is 170 g/mol. The molecule has 0 bridgehead atoms. The minimum absolute atomic E-state index is 0. The molecule has 0 aliphatic carbocycles. The molecule has 1 rings (SSSR count). The van der Waals surface area contributed by atoms with Crippen LogP contribution >= 0.6 is 21.6 Å². The Labute approximate surface area is 109 Å². The van der Waals surface area contributed by atoms with Gasteiger partial charge in [0.05, 0.1) is 0 Å². The molecule has 0 nitrogen and oxygen atoms in total. The molecule has 44 valence electrons. The van der Waals surface area contributed by atoms with Gasteiger partial charge in [-0.25, -0.2) is 0 Å². The van der Waals surface area contributed by atoms with Crippen molar-refractivity contribution < 1.29 is 0 Å². The number of hydrogen-bond donors (Lipinski definition) is 0. The van der Waals surface area contributed by atoms with Gasteiger partial charge in [0.25, 0.3) is 0 Å². The zero-order valence-corrected chi connectivity index (χ0v) is 5.73. The zero-order chi connectivity index (χ0) is 5.54. The normalized spacial score (nSPS) is 12.0. The Kier molecular flexibility index (Phi) is 32.0. The van der Waals surface area contributed by atoms with Crippen LogP contribution in [0.1, 0.15) is 0 Å². The van der Waals surface area contributed by atoms with Gasteiger partial charge in [-0.15, -0.1) is 13.2 Å². The van der Waals surface area contributed by atoms with E-state index in [9.17, 15) is 0 Å². The second-order valence-electron chi connectivity index (χ2n) is 0.753. The van der Waals surface area contributed by atoms with Crippen LogP contribution < -0.4 is 0 Å². The van der Waals surface area contributed by atoms with Crippen molar-refractivity contribution in [1.29, 1.82) is 0 Å². The van der Waals surface area contributed by atoms with Crippen LogP contribution in [0, 0.1) is 0 Å². The van der Waals surface area contributed by atoms with E-state index in [1.54, 1.807) is 0 Å². The monoisotopic (exact) mass is 180 g/mol. The molecule has 0 N–H and O–H groups in total. The van der Waals surface area contributed by atoms with Crippen molar-refractivity contribution >= 4 is 80.7 Å². The molecular formula is C5H10Na2S2. The van der Waals surface area contributed by atoms with Gasteiger partial charge in [0, 0.05) is 5.75 Å². The Balaban J connectivity index is -0.0000000836. The van der Waals surface area contributed by atoms with E-state index in [4.69, 9.17) is 0 Å². The van der Waals surface area contributed by atoms with Crippen molar-refractivity contribution in [1.82, 2.24) is 0 Å². The van der Waals surface area contributed by atoms with E-state index in [2.05, 4.69) is 24.6 Å². The Bertz CT molecular complexity index is 60.0. The summed E-state index contributed by atoms with van der Waals surface area (Å²) in [7, 11) is 3.69. The molecule has 0 aromatic carbocycles. The summed E-state index contributed by atoms with van der Waals surface area (Å²) in [5.74, 6) is 1.20. The van der Waals surface area contributed by atoms with E-state index in [1.807, 2.05) is 21.6 Å². The van der Waals surface area contributed by atoms with Crippen molar-refractivity contribution in [2.45, 2.75) is 0 Å². The fourth-order valence-corrected chi connectivity index (χ4v) is 1.77. The molecule has 0 unspecified atom stereocenters. The summed E-state index contributed by atoms with van der Waals surface area (Å²) in [6, 6.07) is 0. The maximum atomic E-state index is 3.00. The van der Waals surface area contributed by atoms with Crippen LogP contribution in [0.3, 0.4) is 0 Å². The van der Waals surface area contributed by atoms with Gasteiger partial charge in [-0.2, -0.15) is 0 Å². The first-order chi connectivity index (χ1) is 3.50. The first-order valence-electron chi connectivity index (χ1n) is 1.93. The fraction of sp³-hybridized carbons (Fsp3) is 0.200. The summed E-state index contributed by atoms with van der Waals surface area (Å²) in [5.41, 5.74) is 0. The minimum atomic E-state index is 0. The average molecular weight is 180 g/mol. The van der Waals surface area contributed by atoms with Crippen LogP contribution in [-0.4, -0.2) is 64.9 Å². The van der Waals surface area contributed by atoms with Crippen molar-refractivity contribution in [3.8, 4) is 0 Å². The molecule has 0 atom stereocenters. The second kappa shape index (κ2) is 16.6. The molecule has 0 amide bonds. The second-order valence-corrected chi connectivity index (χ2v) is 3.07. The molecule has 0 aromatic rings. The summed E-state index contributed by atoms with van der Waals surface area (Å²) in [6.07, 6.45) is 2.16. The van der Waals surface area contributed by atoms with Gasteiger partial charge < -0.3 is 0 Å². The third-order valence-electron chi connectivity index (χ3n) is 0.384. The van der Waals surface area contributed by atoms with Crippen LogP contribution in [0.25, 0.3) is 0 Å². The van der Waals surface area contributed by atoms with Crippen molar-refractivity contribution in [2.75, 3.05) is 5.75 Å². The first kappa shape index (κ1) is 17.3. The van der Waals surface area contributed by atoms with Crippen LogP contribution in [0.4, 0.5) is 0 Å². The van der Waals surface area contributed by atoms with E-state index in [-0.39, 0.29) is 59.1 Å². The van der Waals surface area contributed by atoms with Crippen LogP contribution in [-0.2, 0) is 0 Å². The fourth-order valence-electron chi connectivity index (χ4n) is 0.196. The average Bonchev–Trinajstić information content (AvgIpc) is 2.23. The summed E-state index contributed by atoms with van der Waals surface area (Å²) in [5, 5.41) is 2.12. The third-order valence-corrected chi connectivity index (χ3v) is 2.30. The standard InChI is InChI=1S/C3H4S2.C2H4.2Na.2H/c1-2-4-5-3-1;1-2;;;;/h1-2H,3H2;1-2H2;;;;. The van der Waals surface area contributed by atoms with Gasteiger partial charge in [0.1, 0.15) is 0 Å². The van der Waals surface area contributed by atoms with Gasteiger partial charge in [0.15, 0.2) is 0 Å². The topological polar surface area (TPSA) is 0 Å². The van der Waals surface area contributed by atoms with Crippen molar-refractivity contribution in [2.24, 2.45) is 0 Å². The van der Waals surface area contributed by atoms with Crippen molar-refractivity contribution in [3.05, 3.63) is 24.6 Å². The molecule has 0 radical (unpaired) electrons. The van der Waals surface area contributed by atoms with E-state index < -0.39 is 0 Å².